The topological polar surface area (TPSA) is 57.2 Å². The number of halogens is 3. The molecule has 20 heavy (non-hydrogen) atoms. The Morgan fingerprint density at radius 1 is 1.15 bits per heavy atom. The van der Waals surface area contributed by atoms with Crippen LogP contribution in [0, 0.1) is 5.21 Å². The van der Waals surface area contributed by atoms with Gasteiger partial charge in [-0.25, -0.2) is 0 Å². The minimum absolute atomic E-state index is 0.0386. The highest BCUT2D eigenvalue weighted by Gasteiger charge is 2.35. The molecular formula is C12H8Cl3NO3S. The second-order valence-electron chi connectivity index (χ2n) is 4.08. The van der Waals surface area contributed by atoms with E-state index in [1.807, 2.05) is 0 Å². The largest absolute Gasteiger partial charge is 0.616 e. The third kappa shape index (κ3) is 2.41. The molecule has 1 aliphatic heterocycles. The SMILES string of the molecule is CC1=CC=C[N+]([O-])(c2c(Cl)ccc(Cl)c2Cl)C1=S(=O)=O. The summed E-state index contributed by atoms with van der Waals surface area (Å²) in [5, 5.41) is 13.1. The van der Waals surface area contributed by atoms with E-state index in [4.69, 9.17) is 34.8 Å². The van der Waals surface area contributed by atoms with Crippen molar-refractivity contribution >= 4 is 55.8 Å². The molecular weight excluding hydrogens is 345 g/mol. The molecule has 0 aromatic heterocycles. The molecule has 0 saturated carbocycles. The summed E-state index contributed by atoms with van der Waals surface area (Å²) in [6.07, 6.45) is 4.11. The van der Waals surface area contributed by atoms with Crippen LogP contribution in [0.2, 0.25) is 15.1 Å². The third-order valence-corrected chi connectivity index (χ3v) is 4.80. The lowest BCUT2D eigenvalue weighted by molar-refractivity contribution is 0.623. The lowest BCUT2D eigenvalue weighted by Crippen LogP contribution is -2.46. The summed E-state index contributed by atoms with van der Waals surface area (Å²) in [7, 11) is -2.73. The highest BCUT2D eigenvalue weighted by molar-refractivity contribution is 7.73. The van der Waals surface area contributed by atoms with Crippen molar-refractivity contribution in [3.05, 3.63) is 56.3 Å². The zero-order valence-corrected chi connectivity index (χ0v) is 13.2. The van der Waals surface area contributed by atoms with Gasteiger partial charge in [0.1, 0.15) is 16.2 Å². The van der Waals surface area contributed by atoms with Crippen molar-refractivity contribution in [1.29, 1.82) is 0 Å². The Morgan fingerprint density at radius 2 is 1.75 bits per heavy atom. The van der Waals surface area contributed by atoms with Crippen molar-refractivity contribution in [2.75, 3.05) is 0 Å². The molecule has 4 nitrogen and oxygen atoms in total. The van der Waals surface area contributed by atoms with Crippen molar-refractivity contribution in [3.63, 3.8) is 0 Å². The fourth-order valence-corrected chi connectivity index (χ4v) is 3.43. The van der Waals surface area contributed by atoms with E-state index in [1.54, 1.807) is 0 Å². The van der Waals surface area contributed by atoms with Gasteiger partial charge in [0.2, 0.25) is 0 Å². The van der Waals surface area contributed by atoms with Gasteiger partial charge in [0.05, 0.1) is 5.02 Å². The van der Waals surface area contributed by atoms with Gasteiger partial charge in [-0.3, -0.25) is 4.65 Å². The monoisotopic (exact) mass is 351 g/mol. The summed E-state index contributed by atoms with van der Waals surface area (Å²) in [5.41, 5.74) is 0.187. The molecule has 2 rings (SSSR count). The summed E-state index contributed by atoms with van der Waals surface area (Å²) in [6, 6.07) is 2.84. The fourth-order valence-electron chi connectivity index (χ4n) is 1.95. The molecule has 1 aromatic rings. The highest BCUT2D eigenvalue weighted by atomic mass is 35.5. The molecule has 0 amide bonds. The van der Waals surface area contributed by atoms with Gasteiger partial charge in [0.25, 0.3) is 15.3 Å². The van der Waals surface area contributed by atoms with Crippen LogP contribution in [0.1, 0.15) is 6.92 Å². The van der Waals surface area contributed by atoms with Crippen LogP contribution >= 0.6 is 34.8 Å². The molecule has 8 heteroatoms. The summed E-state index contributed by atoms with van der Waals surface area (Å²) >= 11 is 17.9. The summed E-state index contributed by atoms with van der Waals surface area (Å²) < 4.78 is 21.4. The van der Waals surface area contributed by atoms with E-state index in [0.717, 1.165) is 6.20 Å². The predicted octanol–water partition coefficient (Wildman–Crippen LogP) is 3.93. The molecule has 1 unspecified atom stereocenters. The normalized spacial score (nSPS) is 21.9. The Bertz CT molecular complexity index is 775. The zero-order valence-electron chi connectivity index (χ0n) is 10.1. The van der Waals surface area contributed by atoms with Gasteiger partial charge in [-0.1, -0.05) is 34.8 Å². The van der Waals surface area contributed by atoms with Crippen LogP contribution in [0.3, 0.4) is 0 Å². The highest BCUT2D eigenvalue weighted by Crippen LogP contribution is 2.43. The van der Waals surface area contributed by atoms with Crippen molar-refractivity contribution in [2.24, 2.45) is 0 Å². The van der Waals surface area contributed by atoms with Gasteiger partial charge in [-0.05, 0) is 31.2 Å². The van der Waals surface area contributed by atoms with Gasteiger partial charge in [0, 0.05) is 5.57 Å². The summed E-state index contributed by atoms with van der Waals surface area (Å²) in [4.78, 5) is -0.376. The van der Waals surface area contributed by atoms with Crippen molar-refractivity contribution in [2.45, 2.75) is 6.92 Å². The summed E-state index contributed by atoms with van der Waals surface area (Å²) in [5.74, 6) is 0. The third-order valence-electron chi connectivity index (χ3n) is 2.79. The van der Waals surface area contributed by atoms with E-state index in [-0.39, 0.29) is 25.7 Å². The lowest BCUT2D eigenvalue weighted by atomic mass is 10.1. The van der Waals surface area contributed by atoms with Gasteiger partial charge in [0.15, 0.2) is 5.69 Å². The summed E-state index contributed by atoms with van der Waals surface area (Å²) in [6.45, 7) is 1.52. The lowest BCUT2D eigenvalue weighted by Gasteiger charge is -2.39. The van der Waals surface area contributed by atoms with Gasteiger partial charge in [-0.15, -0.1) is 0 Å². The molecule has 1 heterocycles. The molecule has 0 aliphatic carbocycles. The molecule has 106 valence electrons. The maximum Gasteiger partial charge on any atom is 0.277 e. The first-order valence-corrected chi connectivity index (χ1v) is 7.57. The first-order valence-electron chi connectivity index (χ1n) is 5.36. The number of hydrogen-bond donors (Lipinski definition) is 0. The molecule has 1 atom stereocenters. The Labute approximate surface area is 132 Å². The maximum atomic E-state index is 13.1. The second kappa shape index (κ2) is 5.52. The van der Waals surface area contributed by atoms with Gasteiger partial charge in [-0.2, -0.15) is 8.42 Å². The van der Waals surface area contributed by atoms with Crippen LogP contribution in [0.25, 0.3) is 0 Å². The molecule has 0 N–H and O–H groups in total. The number of hydrogen-bond acceptors (Lipinski definition) is 3. The molecule has 0 fully saturated rings. The smallest absolute Gasteiger partial charge is 0.277 e. The standard InChI is InChI=1S/C12H8Cl3NO3S/c1-7-3-2-6-16(17,12(7)20(18)19)11-9(14)5-4-8(13)10(11)15/h2-6H,1H3. The Hall–Kier alpha value is -0.820. The van der Waals surface area contributed by atoms with Crippen LogP contribution in [0.15, 0.2) is 36.1 Å². The molecule has 0 spiro atoms. The average molecular weight is 353 g/mol. The molecule has 1 aromatic carbocycles. The number of benzene rings is 1. The zero-order chi connectivity index (χ0) is 15.1. The molecule has 0 saturated heterocycles. The first kappa shape index (κ1) is 15.6. The van der Waals surface area contributed by atoms with E-state index >= 15 is 0 Å². The Morgan fingerprint density at radius 3 is 2.35 bits per heavy atom. The van der Waals surface area contributed by atoms with Crippen LogP contribution in [0.5, 0.6) is 0 Å². The van der Waals surface area contributed by atoms with Crippen LogP contribution in [-0.2, 0) is 10.3 Å². The number of rotatable bonds is 1. The number of allylic oxidation sites excluding steroid dienone is 2. The average Bonchev–Trinajstić information content (AvgIpc) is 2.33. The Kier molecular flexibility index (Phi) is 4.30. The van der Waals surface area contributed by atoms with E-state index in [2.05, 4.69) is 0 Å². The van der Waals surface area contributed by atoms with Gasteiger partial charge >= 0.3 is 0 Å². The van der Waals surface area contributed by atoms with E-state index < -0.39 is 14.9 Å². The molecule has 0 bridgehead atoms. The number of hydroxylamine groups is 2. The van der Waals surface area contributed by atoms with Crippen LogP contribution in [-0.4, -0.2) is 13.4 Å². The fraction of sp³-hybridized carbons (Fsp3) is 0.0833. The van der Waals surface area contributed by atoms with Gasteiger partial charge < -0.3 is 5.21 Å². The first-order chi connectivity index (χ1) is 9.29. The Balaban J connectivity index is 2.87. The van der Waals surface area contributed by atoms with Crippen molar-refractivity contribution in [1.82, 2.24) is 4.65 Å². The number of quaternary nitrogens is 1. The minimum Gasteiger partial charge on any atom is -0.616 e. The number of nitrogens with zero attached hydrogens (tertiary/aromatic N) is 1. The molecule has 1 aliphatic rings. The quantitative estimate of drug-likeness (QED) is 0.333. The van der Waals surface area contributed by atoms with Crippen molar-refractivity contribution < 1.29 is 8.42 Å². The van der Waals surface area contributed by atoms with E-state index in [1.165, 1.54) is 31.2 Å². The molecule has 0 radical (unpaired) electrons. The van der Waals surface area contributed by atoms with Crippen LogP contribution < -0.4 is 4.65 Å². The maximum absolute atomic E-state index is 13.1. The minimum atomic E-state index is -2.73. The predicted molar refractivity (Wildman–Crippen MR) is 83.5 cm³/mol. The van der Waals surface area contributed by atoms with Crippen LogP contribution in [0.4, 0.5) is 5.69 Å². The van der Waals surface area contributed by atoms with E-state index in [0.29, 0.717) is 5.57 Å². The second-order valence-corrected chi connectivity index (χ2v) is 6.13. The van der Waals surface area contributed by atoms with E-state index in [9.17, 15) is 13.6 Å². The van der Waals surface area contributed by atoms with Crippen molar-refractivity contribution in [3.8, 4) is 0 Å².